The van der Waals surface area contributed by atoms with Crippen molar-refractivity contribution < 1.29 is 0 Å². The molecule has 0 aromatic carbocycles. The van der Waals surface area contributed by atoms with Gasteiger partial charge in [0.25, 0.3) is 0 Å². The molecule has 2 aromatic heterocycles. The van der Waals surface area contributed by atoms with E-state index in [1.165, 1.54) is 50.0 Å². The van der Waals surface area contributed by atoms with Gasteiger partial charge in [-0.1, -0.05) is 30.6 Å². The van der Waals surface area contributed by atoms with E-state index in [4.69, 9.17) is 5.10 Å². The number of nitrogens with one attached hydrogen (secondary N) is 1. The Balaban J connectivity index is 1.65. The highest BCUT2D eigenvalue weighted by atomic mass is 32.1. The molecule has 1 N–H and O–H groups in total. The summed E-state index contributed by atoms with van der Waals surface area (Å²) in [6.45, 7) is 1.11. The van der Waals surface area contributed by atoms with Crippen LogP contribution in [0.4, 0.5) is 0 Å². The smallest absolute Gasteiger partial charge is 0.234 e. The summed E-state index contributed by atoms with van der Waals surface area (Å²) in [5.74, 6) is 1.67. The molecule has 5 nitrogen and oxygen atoms in total. The molecule has 3 heterocycles. The quantitative estimate of drug-likeness (QED) is 0.917. The van der Waals surface area contributed by atoms with Crippen molar-refractivity contribution in [3.05, 3.63) is 10.8 Å². The van der Waals surface area contributed by atoms with Gasteiger partial charge in [-0.3, -0.25) is 0 Å². The molecule has 2 aliphatic rings. The molecule has 1 aliphatic heterocycles. The maximum atomic E-state index is 4.79. The fourth-order valence-electron chi connectivity index (χ4n) is 2.95. The Kier molecular flexibility index (Phi) is 3.00. The lowest BCUT2D eigenvalue weighted by molar-refractivity contribution is 0.394. The SMILES string of the molecule is C1CCNC(c2nn3c(C4CCC4)nnc3s2)CC1. The number of hydrogen-bond acceptors (Lipinski definition) is 5. The monoisotopic (exact) mass is 277 g/mol. The second kappa shape index (κ2) is 4.83. The zero-order valence-electron chi connectivity index (χ0n) is 11.0. The average molecular weight is 277 g/mol. The minimum absolute atomic E-state index is 0.420. The fourth-order valence-corrected chi connectivity index (χ4v) is 3.90. The minimum atomic E-state index is 0.420. The number of fused-ring (bicyclic) bond motifs is 1. The Labute approximate surface area is 116 Å². The highest BCUT2D eigenvalue weighted by molar-refractivity contribution is 7.16. The Bertz CT molecular complexity index is 563. The number of aromatic nitrogens is 4. The first-order valence-corrected chi connectivity index (χ1v) is 8.19. The van der Waals surface area contributed by atoms with Crippen molar-refractivity contribution in [2.45, 2.75) is 56.9 Å². The van der Waals surface area contributed by atoms with Gasteiger partial charge in [0.2, 0.25) is 4.96 Å². The van der Waals surface area contributed by atoms with Crippen molar-refractivity contribution in [3.8, 4) is 0 Å². The molecule has 2 fully saturated rings. The Morgan fingerprint density at radius 2 is 2.00 bits per heavy atom. The third kappa shape index (κ3) is 2.07. The molecule has 1 aliphatic carbocycles. The van der Waals surface area contributed by atoms with E-state index < -0.39 is 0 Å². The lowest BCUT2D eigenvalue weighted by Gasteiger charge is -2.22. The van der Waals surface area contributed by atoms with E-state index in [1.54, 1.807) is 11.3 Å². The van der Waals surface area contributed by atoms with Gasteiger partial charge in [-0.15, -0.1) is 10.2 Å². The molecule has 0 amide bonds. The number of hydrogen-bond donors (Lipinski definition) is 1. The molecule has 0 bridgehead atoms. The number of rotatable bonds is 2. The van der Waals surface area contributed by atoms with Crippen LogP contribution in [0.3, 0.4) is 0 Å². The number of nitrogens with zero attached hydrogens (tertiary/aromatic N) is 4. The van der Waals surface area contributed by atoms with Gasteiger partial charge in [-0.2, -0.15) is 9.61 Å². The third-order valence-corrected chi connectivity index (χ3v) is 5.37. The van der Waals surface area contributed by atoms with Crippen molar-refractivity contribution in [2.75, 3.05) is 6.54 Å². The van der Waals surface area contributed by atoms with Crippen LogP contribution in [0.1, 0.15) is 67.7 Å². The highest BCUT2D eigenvalue weighted by Crippen LogP contribution is 2.36. The first-order chi connectivity index (χ1) is 9.42. The lowest BCUT2D eigenvalue weighted by atomic mass is 9.85. The van der Waals surface area contributed by atoms with Gasteiger partial charge < -0.3 is 5.32 Å². The zero-order chi connectivity index (χ0) is 12.7. The molecule has 1 atom stereocenters. The normalized spacial score (nSPS) is 25.4. The van der Waals surface area contributed by atoms with E-state index >= 15 is 0 Å². The molecule has 1 saturated carbocycles. The summed E-state index contributed by atoms with van der Waals surface area (Å²) >= 11 is 1.70. The topological polar surface area (TPSA) is 55.1 Å². The van der Waals surface area contributed by atoms with Crippen LogP contribution in [-0.4, -0.2) is 26.4 Å². The lowest BCUT2D eigenvalue weighted by Crippen LogP contribution is -2.20. The zero-order valence-corrected chi connectivity index (χ0v) is 11.8. The molecular formula is C13H19N5S. The van der Waals surface area contributed by atoms with E-state index in [0.29, 0.717) is 12.0 Å². The van der Waals surface area contributed by atoms with Gasteiger partial charge in [0.05, 0.1) is 6.04 Å². The molecule has 1 unspecified atom stereocenters. The van der Waals surface area contributed by atoms with Crippen LogP contribution in [0.15, 0.2) is 0 Å². The van der Waals surface area contributed by atoms with E-state index in [1.807, 2.05) is 4.52 Å². The van der Waals surface area contributed by atoms with Gasteiger partial charge in [0, 0.05) is 5.92 Å². The maximum Gasteiger partial charge on any atom is 0.234 e. The molecule has 0 radical (unpaired) electrons. The summed E-state index contributed by atoms with van der Waals surface area (Å²) in [5.41, 5.74) is 0. The first kappa shape index (κ1) is 11.8. The van der Waals surface area contributed by atoms with Crippen LogP contribution in [0.25, 0.3) is 4.96 Å². The van der Waals surface area contributed by atoms with Crippen molar-refractivity contribution in [3.63, 3.8) is 0 Å². The average Bonchev–Trinajstić information content (AvgIpc) is 2.80. The molecule has 2 aromatic rings. The van der Waals surface area contributed by atoms with Crippen molar-refractivity contribution in [1.29, 1.82) is 0 Å². The van der Waals surface area contributed by atoms with Gasteiger partial charge in [-0.05, 0) is 32.2 Å². The summed E-state index contributed by atoms with van der Waals surface area (Å²) in [5, 5.41) is 18.2. The summed E-state index contributed by atoms with van der Waals surface area (Å²) < 4.78 is 2.00. The highest BCUT2D eigenvalue weighted by Gasteiger charge is 2.27. The molecular weight excluding hydrogens is 258 g/mol. The summed E-state index contributed by atoms with van der Waals surface area (Å²) in [6.07, 6.45) is 8.93. The fraction of sp³-hybridized carbons (Fsp3) is 0.769. The van der Waals surface area contributed by atoms with Crippen molar-refractivity contribution in [1.82, 2.24) is 25.1 Å². The van der Waals surface area contributed by atoms with Crippen LogP contribution in [0.2, 0.25) is 0 Å². The molecule has 1 saturated heterocycles. The maximum absolute atomic E-state index is 4.79. The van der Waals surface area contributed by atoms with Gasteiger partial charge in [0.15, 0.2) is 5.82 Å². The van der Waals surface area contributed by atoms with Crippen LogP contribution in [0, 0.1) is 0 Å². The Morgan fingerprint density at radius 1 is 1.05 bits per heavy atom. The van der Waals surface area contributed by atoms with E-state index in [0.717, 1.165) is 17.3 Å². The van der Waals surface area contributed by atoms with Crippen LogP contribution in [-0.2, 0) is 0 Å². The van der Waals surface area contributed by atoms with Gasteiger partial charge >= 0.3 is 0 Å². The van der Waals surface area contributed by atoms with E-state index in [-0.39, 0.29) is 0 Å². The minimum Gasteiger partial charge on any atom is -0.308 e. The second-order valence-electron chi connectivity index (χ2n) is 5.68. The molecule has 6 heteroatoms. The molecule has 0 spiro atoms. The van der Waals surface area contributed by atoms with Crippen LogP contribution in [0.5, 0.6) is 0 Å². The van der Waals surface area contributed by atoms with E-state index in [9.17, 15) is 0 Å². The van der Waals surface area contributed by atoms with Crippen molar-refractivity contribution >= 4 is 16.3 Å². The van der Waals surface area contributed by atoms with Gasteiger partial charge in [-0.25, -0.2) is 0 Å². The molecule has 19 heavy (non-hydrogen) atoms. The summed E-state index contributed by atoms with van der Waals surface area (Å²) in [4.78, 5) is 0.961. The Hall–Kier alpha value is -1.01. The third-order valence-electron chi connectivity index (χ3n) is 4.36. The summed E-state index contributed by atoms with van der Waals surface area (Å²) in [7, 11) is 0. The van der Waals surface area contributed by atoms with Crippen LogP contribution < -0.4 is 5.32 Å². The predicted molar refractivity (Wildman–Crippen MR) is 74.5 cm³/mol. The first-order valence-electron chi connectivity index (χ1n) is 7.37. The standard InChI is InChI=1S/C13H19N5S/c1-2-7-10(14-8-3-1)12-17-18-11(9-5-4-6-9)15-16-13(18)19-12/h9-10,14H,1-8H2. The van der Waals surface area contributed by atoms with Gasteiger partial charge in [0.1, 0.15) is 5.01 Å². The van der Waals surface area contributed by atoms with E-state index in [2.05, 4.69) is 15.5 Å². The summed E-state index contributed by atoms with van der Waals surface area (Å²) in [6, 6.07) is 0.420. The Morgan fingerprint density at radius 3 is 2.84 bits per heavy atom. The second-order valence-corrected chi connectivity index (χ2v) is 6.66. The largest absolute Gasteiger partial charge is 0.308 e. The predicted octanol–water partition coefficient (Wildman–Crippen LogP) is 2.66. The molecule has 4 rings (SSSR count). The van der Waals surface area contributed by atoms with Crippen molar-refractivity contribution in [2.24, 2.45) is 0 Å². The van der Waals surface area contributed by atoms with Crippen LogP contribution >= 0.6 is 11.3 Å². The molecule has 102 valence electrons.